The zero-order chi connectivity index (χ0) is 31.6. The van der Waals surface area contributed by atoms with E-state index in [2.05, 4.69) is 10.3 Å². The number of carbonyl (C=O) groups is 2. The summed E-state index contributed by atoms with van der Waals surface area (Å²) in [6.45, 7) is 0. The van der Waals surface area contributed by atoms with Crippen LogP contribution in [0.25, 0.3) is 0 Å². The molecule has 0 spiro atoms. The van der Waals surface area contributed by atoms with Crippen LogP contribution >= 0.6 is 11.6 Å². The molecule has 0 radical (unpaired) electrons. The SMILES string of the molecule is N#Cc1ccnc(N2C(O)[C@@H](O)C[C@H]2C(=O)N(c2cccc(F)c2)[C@H](C(=O)NC2CCC(F)(F)CC2)c2ccccc2Cl)c1. The van der Waals surface area contributed by atoms with E-state index in [9.17, 15) is 38.2 Å². The molecule has 2 amide bonds. The topological polar surface area (TPSA) is 130 Å². The van der Waals surface area contributed by atoms with E-state index in [1.165, 1.54) is 42.6 Å². The number of nitriles is 1. The van der Waals surface area contributed by atoms with Gasteiger partial charge in [0, 0.05) is 47.8 Å². The van der Waals surface area contributed by atoms with Crippen LogP contribution < -0.4 is 15.1 Å². The summed E-state index contributed by atoms with van der Waals surface area (Å²) in [7, 11) is 0. The van der Waals surface area contributed by atoms with Crippen molar-refractivity contribution < 1.29 is 33.0 Å². The minimum Gasteiger partial charge on any atom is -0.388 e. The van der Waals surface area contributed by atoms with Gasteiger partial charge in [-0.15, -0.1) is 0 Å². The molecule has 44 heavy (non-hydrogen) atoms. The number of hydrogen-bond acceptors (Lipinski definition) is 7. The van der Waals surface area contributed by atoms with Gasteiger partial charge in [-0.05, 0) is 49.2 Å². The molecule has 1 aromatic heterocycles. The van der Waals surface area contributed by atoms with Crippen LogP contribution in [0.3, 0.4) is 0 Å². The second kappa shape index (κ2) is 12.8. The zero-order valence-corrected chi connectivity index (χ0v) is 24.0. The number of amides is 2. The first-order valence-corrected chi connectivity index (χ1v) is 14.4. The first kappa shape index (κ1) is 31.3. The van der Waals surface area contributed by atoms with Gasteiger partial charge in [-0.2, -0.15) is 5.26 Å². The second-order valence-electron chi connectivity index (χ2n) is 10.9. The van der Waals surface area contributed by atoms with E-state index in [-0.39, 0.29) is 46.9 Å². The molecule has 9 nitrogen and oxygen atoms in total. The summed E-state index contributed by atoms with van der Waals surface area (Å²) in [5.74, 6) is -5.07. The third-order valence-electron chi connectivity index (χ3n) is 7.95. The largest absolute Gasteiger partial charge is 0.388 e. The van der Waals surface area contributed by atoms with Gasteiger partial charge in [0.1, 0.15) is 29.8 Å². The van der Waals surface area contributed by atoms with Crippen molar-refractivity contribution in [3.63, 3.8) is 0 Å². The van der Waals surface area contributed by atoms with Crippen molar-refractivity contribution in [1.29, 1.82) is 5.26 Å². The van der Waals surface area contributed by atoms with Crippen LogP contribution in [0.15, 0.2) is 66.9 Å². The number of nitrogens with zero attached hydrogens (tertiary/aromatic N) is 4. The van der Waals surface area contributed by atoms with Crippen molar-refractivity contribution in [1.82, 2.24) is 10.3 Å². The highest BCUT2D eigenvalue weighted by molar-refractivity contribution is 6.31. The molecule has 1 saturated carbocycles. The quantitative estimate of drug-likeness (QED) is 0.352. The van der Waals surface area contributed by atoms with Crippen molar-refractivity contribution in [2.75, 3.05) is 9.80 Å². The van der Waals surface area contributed by atoms with Crippen LogP contribution in [0.5, 0.6) is 0 Å². The highest BCUT2D eigenvalue weighted by Gasteiger charge is 2.48. The maximum absolute atomic E-state index is 14.6. The van der Waals surface area contributed by atoms with Crippen LogP contribution in [0, 0.1) is 17.1 Å². The Morgan fingerprint density at radius 1 is 1.11 bits per heavy atom. The number of carbonyl (C=O) groups excluding carboxylic acids is 2. The number of aliphatic hydroxyl groups is 2. The summed E-state index contributed by atoms with van der Waals surface area (Å²) in [6, 6.07) is 12.5. The first-order chi connectivity index (χ1) is 21.0. The standard InChI is InChI=1S/C31H29ClF3N5O4/c32-23-7-2-1-6-22(23)27(28(42)38-20-8-11-31(34,35)12-9-20)39(21-5-3-4-19(33)15-21)29(43)24-16-25(41)30(44)40(24)26-14-18(17-36)10-13-37-26/h1-7,10,13-15,20,24-25,27,30,41,44H,8-9,11-12,16H2,(H,38,42)/t24-,25-,27-,30?/m0/s1. The Hall–Kier alpha value is -4.18. The maximum atomic E-state index is 14.6. The molecule has 1 unspecified atom stereocenters. The molecule has 2 fully saturated rings. The van der Waals surface area contributed by atoms with Gasteiger partial charge in [0.2, 0.25) is 11.8 Å². The first-order valence-electron chi connectivity index (χ1n) is 14.0. The Morgan fingerprint density at radius 3 is 2.52 bits per heavy atom. The number of aromatic nitrogens is 1. The third-order valence-corrected chi connectivity index (χ3v) is 8.29. The highest BCUT2D eigenvalue weighted by Crippen LogP contribution is 2.38. The Balaban J connectivity index is 1.60. The van der Waals surface area contributed by atoms with Crippen molar-refractivity contribution in [3.8, 4) is 6.07 Å². The molecule has 1 aliphatic carbocycles. The Bertz CT molecular complexity index is 1580. The summed E-state index contributed by atoms with van der Waals surface area (Å²) in [5, 5.41) is 33.9. The molecule has 0 bridgehead atoms. The van der Waals surface area contributed by atoms with Crippen LogP contribution in [-0.4, -0.2) is 57.3 Å². The molecule has 2 heterocycles. The molecule has 2 aromatic carbocycles. The van der Waals surface area contributed by atoms with E-state index in [0.717, 1.165) is 21.9 Å². The fourth-order valence-corrected chi connectivity index (χ4v) is 5.97. The Kier molecular flexibility index (Phi) is 9.10. The number of rotatable bonds is 7. The number of hydrogen-bond donors (Lipinski definition) is 3. The summed E-state index contributed by atoms with van der Waals surface area (Å²) in [6.07, 6.45) is -2.80. The van der Waals surface area contributed by atoms with Crippen LogP contribution in [-0.2, 0) is 9.59 Å². The molecule has 3 aromatic rings. The van der Waals surface area contributed by atoms with E-state index in [1.54, 1.807) is 12.1 Å². The molecule has 2 aliphatic rings. The van der Waals surface area contributed by atoms with Gasteiger partial charge in [0.25, 0.3) is 5.91 Å². The summed E-state index contributed by atoms with van der Waals surface area (Å²) < 4.78 is 42.4. The van der Waals surface area contributed by atoms with Crippen molar-refractivity contribution in [3.05, 3.63) is 88.8 Å². The predicted octanol–water partition coefficient (Wildman–Crippen LogP) is 4.47. The molecular weight excluding hydrogens is 599 g/mol. The van der Waals surface area contributed by atoms with Crippen LogP contribution in [0.2, 0.25) is 5.02 Å². The lowest BCUT2D eigenvalue weighted by Gasteiger charge is -2.37. The van der Waals surface area contributed by atoms with Crippen molar-refractivity contribution in [2.24, 2.45) is 0 Å². The molecule has 1 saturated heterocycles. The molecule has 1 aliphatic heterocycles. The lowest BCUT2D eigenvalue weighted by molar-refractivity contribution is -0.128. The van der Waals surface area contributed by atoms with Gasteiger partial charge >= 0.3 is 0 Å². The molecule has 230 valence electrons. The fraction of sp³-hybridized carbons (Fsp3) is 0.355. The van der Waals surface area contributed by atoms with Crippen molar-refractivity contribution >= 4 is 34.9 Å². The predicted molar refractivity (Wildman–Crippen MR) is 155 cm³/mol. The zero-order valence-electron chi connectivity index (χ0n) is 23.3. The molecule has 4 atom stereocenters. The maximum Gasteiger partial charge on any atom is 0.250 e. The van der Waals surface area contributed by atoms with Gasteiger partial charge in [0.15, 0.2) is 6.23 Å². The molecule has 5 rings (SSSR count). The van der Waals surface area contributed by atoms with E-state index in [1.807, 2.05) is 6.07 Å². The molecule has 13 heteroatoms. The van der Waals surface area contributed by atoms with E-state index in [4.69, 9.17) is 11.6 Å². The number of alkyl halides is 2. The summed E-state index contributed by atoms with van der Waals surface area (Å²) >= 11 is 6.55. The second-order valence-corrected chi connectivity index (χ2v) is 11.3. The van der Waals surface area contributed by atoms with Gasteiger partial charge in [-0.25, -0.2) is 18.2 Å². The van der Waals surface area contributed by atoms with Gasteiger partial charge in [-0.1, -0.05) is 35.9 Å². The Morgan fingerprint density at radius 2 is 1.84 bits per heavy atom. The average Bonchev–Trinajstić information content (AvgIpc) is 3.30. The average molecular weight is 628 g/mol. The lowest BCUT2D eigenvalue weighted by Crippen LogP contribution is -2.54. The third kappa shape index (κ3) is 6.50. The highest BCUT2D eigenvalue weighted by atomic mass is 35.5. The number of halogens is 4. The van der Waals surface area contributed by atoms with E-state index >= 15 is 0 Å². The van der Waals surface area contributed by atoms with Crippen LogP contribution in [0.4, 0.5) is 24.7 Å². The molecule has 3 N–H and O–H groups in total. The fourth-order valence-electron chi connectivity index (χ4n) is 5.73. The van der Waals surface area contributed by atoms with E-state index < -0.39 is 66.9 Å². The monoisotopic (exact) mass is 627 g/mol. The number of aliphatic hydroxyl groups excluding tert-OH is 2. The lowest BCUT2D eigenvalue weighted by atomic mass is 9.91. The summed E-state index contributed by atoms with van der Waals surface area (Å²) in [4.78, 5) is 35.1. The number of nitrogens with one attached hydrogen (secondary N) is 1. The number of benzene rings is 2. The number of pyridine rings is 1. The number of anilines is 2. The normalized spacial score (nSPS) is 22.2. The van der Waals surface area contributed by atoms with E-state index in [0.29, 0.717) is 0 Å². The molecular formula is C31H29ClF3N5O4. The minimum absolute atomic E-state index is 0.0115. The van der Waals surface area contributed by atoms with Gasteiger partial charge in [-0.3, -0.25) is 14.5 Å². The van der Waals surface area contributed by atoms with Crippen molar-refractivity contribution in [2.45, 2.75) is 68.5 Å². The minimum atomic E-state index is -2.84. The van der Waals surface area contributed by atoms with Gasteiger partial charge in [0.05, 0.1) is 11.6 Å². The van der Waals surface area contributed by atoms with Gasteiger partial charge < -0.3 is 20.4 Å². The summed E-state index contributed by atoms with van der Waals surface area (Å²) in [5.41, 5.74) is 0.337. The van der Waals surface area contributed by atoms with Crippen LogP contribution in [0.1, 0.15) is 49.3 Å². The Labute approximate surface area is 256 Å². The smallest absolute Gasteiger partial charge is 0.250 e.